The van der Waals surface area contributed by atoms with Crippen LogP contribution in [0.2, 0.25) is 0 Å². The summed E-state index contributed by atoms with van der Waals surface area (Å²) in [5.74, 6) is 0.742. The third-order valence-electron chi connectivity index (χ3n) is 2.92. The molecular formula is C9H16N2O. The summed E-state index contributed by atoms with van der Waals surface area (Å²) in [6.45, 7) is 3.01. The molecule has 0 bridgehead atoms. The molecule has 0 saturated carbocycles. The summed E-state index contributed by atoms with van der Waals surface area (Å²) in [7, 11) is 2.09. The minimum Gasteiger partial charge on any atom is -0.312 e. The van der Waals surface area contributed by atoms with Gasteiger partial charge >= 0.3 is 0 Å². The molecule has 0 amide bonds. The lowest BCUT2D eigenvalue weighted by Gasteiger charge is -2.13. The van der Waals surface area contributed by atoms with Crippen molar-refractivity contribution in [3.05, 3.63) is 0 Å². The van der Waals surface area contributed by atoms with Gasteiger partial charge in [-0.25, -0.2) is 0 Å². The first kappa shape index (κ1) is 8.20. The lowest BCUT2D eigenvalue weighted by Crippen LogP contribution is -2.36. The first-order valence-corrected chi connectivity index (χ1v) is 4.72. The van der Waals surface area contributed by atoms with Crippen LogP contribution in [0.15, 0.2) is 0 Å². The van der Waals surface area contributed by atoms with Crippen molar-refractivity contribution in [2.45, 2.75) is 18.9 Å². The fraction of sp³-hybridized carbons (Fsp3) is 0.889. The SMILES string of the molecule is CN1CC2NCCCC(=O)C2C1. The van der Waals surface area contributed by atoms with E-state index in [9.17, 15) is 4.79 Å². The highest BCUT2D eigenvalue weighted by atomic mass is 16.1. The molecule has 0 aromatic carbocycles. The van der Waals surface area contributed by atoms with Crippen LogP contribution in [-0.2, 0) is 4.79 Å². The summed E-state index contributed by atoms with van der Waals surface area (Å²) in [4.78, 5) is 13.8. The van der Waals surface area contributed by atoms with Gasteiger partial charge in [-0.2, -0.15) is 0 Å². The van der Waals surface area contributed by atoms with Gasteiger partial charge in [-0.1, -0.05) is 0 Å². The summed E-state index contributed by atoms with van der Waals surface area (Å²) in [5, 5.41) is 3.44. The average molecular weight is 168 g/mol. The van der Waals surface area contributed by atoms with Gasteiger partial charge in [-0.15, -0.1) is 0 Å². The third-order valence-corrected chi connectivity index (χ3v) is 2.92. The number of likely N-dealkylation sites (N-methyl/N-ethyl adjacent to an activating group) is 1. The Kier molecular flexibility index (Phi) is 2.15. The number of nitrogens with one attached hydrogen (secondary N) is 1. The molecule has 2 unspecified atom stereocenters. The van der Waals surface area contributed by atoms with E-state index < -0.39 is 0 Å². The largest absolute Gasteiger partial charge is 0.312 e. The van der Waals surface area contributed by atoms with Crippen LogP contribution >= 0.6 is 0 Å². The van der Waals surface area contributed by atoms with Gasteiger partial charge < -0.3 is 10.2 Å². The van der Waals surface area contributed by atoms with E-state index in [4.69, 9.17) is 0 Å². The molecule has 2 saturated heterocycles. The van der Waals surface area contributed by atoms with Crippen LogP contribution in [-0.4, -0.2) is 43.4 Å². The van der Waals surface area contributed by atoms with Crippen LogP contribution in [0.3, 0.4) is 0 Å². The third kappa shape index (κ3) is 1.39. The number of hydrogen-bond acceptors (Lipinski definition) is 3. The Morgan fingerprint density at radius 3 is 3.17 bits per heavy atom. The monoisotopic (exact) mass is 168 g/mol. The van der Waals surface area contributed by atoms with E-state index in [2.05, 4.69) is 17.3 Å². The number of Topliss-reactive ketones (excluding diaryl/α,β-unsaturated/α-hetero) is 1. The highest BCUT2D eigenvalue weighted by Gasteiger charge is 2.36. The standard InChI is InChI=1S/C9H16N2O/c1-11-5-7-8(6-11)10-4-2-3-9(7)12/h7-8,10H,2-6H2,1H3. The van der Waals surface area contributed by atoms with Crippen LogP contribution in [0.5, 0.6) is 0 Å². The van der Waals surface area contributed by atoms with Gasteiger partial charge in [-0.3, -0.25) is 4.79 Å². The van der Waals surface area contributed by atoms with Crippen molar-refractivity contribution in [3.63, 3.8) is 0 Å². The van der Waals surface area contributed by atoms with E-state index in [0.717, 1.165) is 32.5 Å². The Labute approximate surface area is 73.1 Å². The number of carbonyl (C=O) groups excluding carboxylic acids is 1. The molecule has 0 spiro atoms. The summed E-state index contributed by atoms with van der Waals surface area (Å²) >= 11 is 0. The molecular weight excluding hydrogens is 152 g/mol. The van der Waals surface area contributed by atoms with Crippen molar-refractivity contribution in [2.75, 3.05) is 26.7 Å². The van der Waals surface area contributed by atoms with Crippen molar-refractivity contribution in [1.82, 2.24) is 10.2 Å². The zero-order chi connectivity index (χ0) is 8.55. The van der Waals surface area contributed by atoms with Gasteiger partial charge in [-0.05, 0) is 20.0 Å². The predicted molar refractivity (Wildman–Crippen MR) is 47.0 cm³/mol. The normalized spacial score (nSPS) is 37.9. The second kappa shape index (κ2) is 3.15. The Morgan fingerprint density at radius 2 is 2.33 bits per heavy atom. The smallest absolute Gasteiger partial charge is 0.138 e. The maximum atomic E-state index is 11.6. The van der Waals surface area contributed by atoms with E-state index >= 15 is 0 Å². The van der Waals surface area contributed by atoms with Gasteiger partial charge in [0.2, 0.25) is 0 Å². The number of likely N-dealkylation sites (tertiary alicyclic amines) is 1. The Bertz CT molecular complexity index is 193. The van der Waals surface area contributed by atoms with Crippen LogP contribution in [0.4, 0.5) is 0 Å². The fourth-order valence-corrected chi connectivity index (χ4v) is 2.27. The molecule has 2 aliphatic heterocycles. The molecule has 0 aromatic rings. The zero-order valence-corrected chi connectivity index (χ0v) is 7.55. The van der Waals surface area contributed by atoms with Gasteiger partial charge in [0, 0.05) is 31.5 Å². The molecule has 0 aliphatic carbocycles. The van der Waals surface area contributed by atoms with Crippen molar-refractivity contribution < 1.29 is 4.79 Å². The number of rotatable bonds is 0. The molecule has 0 radical (unpaired) electrons. The van der Waals surface area contributed by atoms with Gasteiger partial charge in [0.1, 0.15) is 5.78 Å². The van der Waals surface area contributed by atoms with Gasteiger partial charge in [0.05, 0.1) is 0 Å². The van der Waals surface area contributed by atoms with Crippen LogP contribution in [0, 0.1) is 5.92 Å². The Balaban J connectivity index is 2.09. The number of carbonyl (C=O) groups is 1. The number of fused-ring (bicyclic) bond motifs is 1. The zero-order valence-electron chi connectivity index (χ0n) is 7.55. The van der Waals surface area contributed by atoms with Crippen molar-refractivity contribution >= 4 is 5.78 Å². The summed E-state index contributed by atoms with van der Waals surface area (Å²) in [5.41, 5.74) is 0. The second-order valence-corrected chi connectivity index (χ2v) is 3.96. The highest BCUT2D eigenvalue weighted by Crippen LogP contribution is 2.20. The van der Waals surface area contributed by atoms with Gasteiger partial charge in [0.15, 0.2) is 0 Å². The van der Waals surface area contributed by atoms with E-state index in [-0.39, 0.29) is 5.92 Å². The van der Waals surface area contributed by atoms with Crippen molar-refractivity contribution in [3.8, 4) is 0 Å². The summed E-state index contributed by atoms with van der Waals surface area (Å²) in [6, 6.07) is 0.435. The van der Waals surface area contributed by atoms with Gasteiger partial charge in [0.25, 0.3) is 0 Å². The molecule has 2 rings (SSSR count). The molecule has 1 N–H and O–H groups in total. The van der Waals surface area contributed by atoms with Crippen LogP contribution in [0.25, 0.3) is 0 Å². The highest BCUT2D eigenvalue weighted by molar-refractivity contribution is 5.82. The molecule has 3 nitrogen and oxygen atoms in total. The minimum atomic E-state index is 0.275. The molecule has 2 atom stereocenters. The van der Waals surface area contributed by atoms with E-state index in [0.29, 0.717) is 11.8 Å². The summed E-state index contributed by atoms with van der Waals surface area (Å²) in [6.07, 6.45) is 1.80. The Morgan fingerprint density at radius 1 is 1.50 bits per heavy atom. The first-order chi connectivity index (χ1) is 5.77. The molecule has 12 heavy (non-hydrogen) atoms. The average Bonchev–Trinajstić information content (AvgIpc) is 2.33. The number of ketones is 1. The van der Waals surface area contributed by atoms with E-state index in [1.807, 2.05) is 0 Å². The molecule has 3 heteroatoms. The molecule has 68 valence electrons. The second-order valence-electron chi connectivity index (χ2n) is 3.96. The molecule has 2 fully saturated rings. The lowest BCUT2D eigenvalue weighted by atomic mass is 9.98. The number of nitrogens with zero attached hydrogens (tertiary/aromatic N) is 1. The molecule has 2 aliphatic rings. The fourth-order valence-electron chi connectivity index (χ4n) is 2.27. The van der Waals surface area contributed by atoms with E-state index in [1.165, 1.54) is 0 Å². The lowest BCUT2D eigenvalue weighted by molar-refractivity contribution is -0.122. The molecule has 0 aromatic heterocycles. The minimum absolute atomic E-state index is 0.275. The number of hydrogen-bond donors (Lipinski definition) is 1. The Hall–Kier alpha value is -0.410. The molecule has 2 heterocycles. The van der Waals surface area contributed by atoms with E-state index in [1.54, 1.807) is 0 Å². The first-order valence-electron chi connectivity index (χ1n) is 4.72. The topological polar surface area (TPSA) is 32.3 Å². The van der Waals surface area contributed by atoms with Crippen LogP contribution < -0.4 is 5.32 Å². The van der Waals surface area contributed by atoms with Crippen molar-refractivity contribution in [1.29, 1.82) is 0 Å². The quantitative estimate of drug-likeness (QED) is 0.547. The maximum Gasteiger partial charge on any atom is 0.138 e. The predicted octanol–water partition coefficient (Wildman–Crippen LogP) is -0.131. The maximum absolute atomic E-state index is 11.6. The summed E-state index contributed by atoms with van der Waals surface area (Å²) < 4.78 is 0. The van der Waals surface area contributed by atoms with Crippen molar-refractivity contribution in [2.24, 2.45) is 5.92 Å². The van der Waals surface area contributed by atoms with Crippen LogP contribution in [0.1, 0.15) is 12.8 Å².